The number of nitrogens with two attached hydrogens (primary N) is 2. The number of rotatable bonds is 7. The van der Waals surface area contributed by atoms with Crippen LogP contribution < -0.4 is 16.2 Å². The maximum absolute atomic E-state index is 15.0. The van der Waals surface area contributed by atoms with Crippen LogP contribution in [0.15, 0.2) is 36.4 Å². The second-order valence-electron chi connectivity index (χ2n) is 7.96. The first kappa shape index (κ1) is 22.3. The number of ether oxygens (including phenoxy) is 1. The Morgan fingerprint density at radius 3 is 2.61 bits per heavy atom. The van der Waals surface area contributed by atoms with E-state index in [0.29, 0.717) is 0 Å². The van der Waals surface area contributed by atoms with E-state index >= 15 is 4.39 Å². The average Bonchev–Trinajstić information content (AvgIpc) is 3.44. The second-order valence-corrected chi connectivity index (χ2v) is 7.96. The number of anilines is 1. The second kappa shape index (κ2) is 9.28. The molecule has 0 aliphatic heterocycles. The molecule has 1 fully saturated rings. The van der Waals surface area contributed by atoms with Gasteiger partial charge in [0.25, 0.3) is 5.91 Å². The summed E-state index contributed by atoms with van der Waals surface area (Å²) in [6.07, 6.45) is 3.88. The first-order valence-corrected chi connectivity index (χ1v) is 10.7. The molecule has 7 nitrogen and oxygen atoms in total. The normalized spacial score (nSPS) is 13.7. The Morgan fingerprint density at radius 2 is 1.91 bits per heavy atom. The van der Waals surface area contributed by atoms with E-state index in [1.165, 1.54) is 18.2 Å². The number of nitrogen functional groups attached to an aromatic ring is 1. The van der Waals surface area contributed by atoms with Crippen LogP contribution >= 0.6 is 0 Å². The fraction of sp³-hybridized carbons (Fsp3) is 0.292. The van der Waals surface area contributed by atoms with Crippen molar-refractivity contribution in [2.24, 2.45) is 5.73 Å². The molecule has 2 aromatic carbocycles. The van der Waals surface area contributed by atoms with Gasteiger partial charge in [0, 0.05) is 12.0 Å². The van der Waals surface area contributed by atoms with Gasteiger partial charge in [-0.2, -0.15) is 10.4 Å². The van der Waals surface area contributed by atoms with Gasteiger partial charge in [-0.15, -0.1) is 0 Å². The summed E-state index contributed by atoms with van der Waals surface area (Å²) in [4.78, 5) is 11.5. The monoisotopic (exact) mass is 451 g/mol. The molecule has 0 spiro atoms. The van der Waals surface area contributed by atoms with Crippen LogP contribution in [0.3, 0.4) is 0 Å². The molecule has 0 radical (unpaired) electrons. The van der Waals surface area contributed by atoms with E-state index < -0.39 is 17.5 Å². The first-order valence-electron chi connectivity index (χ1n) is 10.7. The number of carbonyl (C=O) groups is 1. The molecule has 9 heteroatoms. The number of hydrogen-bond acceptors (Lipinski definition) is 5. The molecule has 4 rings (SSSR count). The van der Waals surface area contributed by atoms with Gasteiger partial charge in [0.2, 0.25) is 0 Å². The maximum atomic E-state index is 15.0. The van der Waals surface area contributed by atoms with Crippen LogP contribution in [0, 0.1) is 23.0 Å². The van der Waals surface area contributed by atoms with Gasteiger partial charge in [0.1, 0.15) is 28.9 Å². The van der Waals surface area contributed by atoms with E-state index in [1.807, 2.05) is 6.07 Å². The van der Waals surface area contributed by atoms with Crippen LogP contribution in [0.5, 0.6) is 5.75 Å². The van der Waals surface area contributed by atoms with Crippen molar-refractivity contribution < 1.29 is 18.3 Å². The third kappa shape index (κ3) is 4.24. The standard InChI is InChI=1S/C24H23F2N5O2/c25-20-14(11-12-33-19-8-4-3-7-16(19)24(29)32)9-10-17(21(20)26)22-18(13-27)23(28)31(30-22)15-5-1-2-6-15/h3-4,7-10,15H,1-2,5-6,11-12,28H2,(H2,29,32). The van der Waals surface area contributed by atoms with E-state index in [1.54, 1.807) is 22.9 Å². The highest BCUT2D eigenvalue weighted by Crippen LogP contribution is 2.36. The number of carbonyl (C=O) groups excluding carboxylic acids is 1. The summed E-state index contributed by atoms with van der Waals surface area (Å²) in [7, 11) is 0. The van der Waals surface area contributed by atoms with Crippen molar-refractivity contribution in [1.82, 2.24) is 9.78 Å². The number of aromatic nitrogens is 2. The molecule has 3 aromatic rings. The van der Waals surface area contributed by atoms with Gasteiger partial charge >= 0.3 is 0 Å². The van der Waals surface area contributed by atoms with Crippen LogP contribution in [-0.4, -0.2) is 22.3 Å². The molecule has 0 bridgehead atoms. The Kier molecular flexibility index (Phi) is 6.27. The van der Waals surface area contributed by atoms with Crippen molar-refractivity contribution in [3.8, 4) is 23.1 Å². The Hall–Kier alpha value is -3.93. The van der Waals surface area contributed by atoms with Gasteiger partial charge in [-0.25, -0.2) is 13.5 Å². The summed E-state index contributed by atoms with van der Waals surface area (Å²) in [6, 6.07) is 11.3. The minimum atomic E-state index is -1.10. The topological polar surface area (TPSA) is 120 Å². The van der Waals surface area contributed by atoms with Crippen molar-refractivity contribution >= 4 is 11.7 Å². The fourth-order valence-electron chi connectivity index (χ4n) is 4.21. The minimum absolute atomic E-state index is 0.00665. The molecule has 33 heavy (non-hydrogen) atoms. The molecule has 1 heterocycles. The largest absolute Gasteiger partial charge is 0.492 e. The average molecular weight is 451 g/mol. The van der Waals surface area contributed by atoms with Gasteiger partial charge in [0.15, 0.2) is 11.6 Å². The highest BCUT2D eigenvalue weighted by Gasteiger charge is 2.27. The number of primary amides is 1. The third-order valence-electron chi connectivity index (χ3n) is 5.93. The van der Waals surface area contributed by atoms with Crippen molar-refractivity contribution in [2.45, 2.75) is 38.1 Å². The van der Waals surface area contributed by atoms with E-state index in [2.05, 4.69) is 5.10 Å². The Balaban J connectivity index is 1.57. The summed E-state index contributed by atoms with van der Waals surface area (Å²) in [5.74, 6) is -2.34. The van der Waals surface area contributed by atoms with Crippen molar-refractivity contribution in [3.05, 3.63) is 64.7 Å². The maximum Gasteiger partial charge on any atom is 0.252 e. The van der Waals surface area contributed by atoms with E-state index in [0.717, 1.165) is 25.7 Å². The number of hydrogen-bond donors (Lipinski definition) is 2. The number of nitrogens with zero attached hydrogens (tertiary/aromatic N) is 3. The molecule has 0 unspecified atom stereocenters. The number of benzene rings is 2. The zero-order valence-electron chi connectivity index (χ0n) is 17.9. The minimum Gasteiger partial charge on any atom is -0.492 e. The van der Waals surface area contributed by atoms with Gasteiger partial charge < -0.3 is 16.2 Å². The zero-order chi connectivity index (χ0) is 23.5. The van der Waals surface area contributed by atoms with Crippen LogP contribution in [0.25, 0.3) is 11.3 Å². The molecule has 0 saturated heterocycles. The lowest BCUT2D eigenvalue weighted by Crippen LogP contribution is -2.14. The Morgan fingerprint density at radius 1 is 1.18 bits per heavy atom. The summed E-state index contributed by atoms with van der Waals surface area (Å²) < 4.78 is 37.0. The number of nitriles is 1. The lowest BCUT2D eigenvalue weighted by atomic mass is 10.0. The zero-order valence-corrected chi connectivity index (χ0v) is 17.9. The first-order chi connectivity index (χ1) is 15.9. The predicted molar refractivity (Wildman–Crippen MR) is 118 cm³/mol. The van der Waals surface area contributed by atoms with Crippen LogP contribution in [0.4, 0.5) is 14.6 Å². The smallest absolute Gasteiger partial charge is 0.252 e. The molecule has 1 aromatic heterocycles. The molecule has 1 aliphatic carbocycles. The van der Waals surface area contributed by atoms with Crippen LogP contribution in [0.2, 0.25) is 0 Å². The summed E-state index contributed by atoms with van der Waals surface area (Å²) in [5, 5.41) is 14.0. The molecule has 170 valence electrons. The van der Waals surface area contributed by atoms with Crippen molar-refractivity contribution in [1.29, 1.82) is 5.26 Å². The molecular formula is C24H23F2N5O2. The Bertz CT molecular complexity index is 1240. The van der Waals surface area contributed by atoms with E-state index in [4.69, 9.17) is 16.2 Å². The quantitative estimate of drug-likeness (QED) is 0.560. The van der Waals surface area contributed by atoms with Gasteiger partial charge in [-0.1, -0.05) is 31.0 Å². The molecule has 0 atom stereocenters. The molecule has 1 aliphatic rings. The fourth-order valence-corrected chi connectivity index (χ4v) is 4.21. The predicted octanol–water partition coefficient (Wildman–Crippen LogP) is 4.12. The lowest BCUT2D eigenvalue weighted by molar-refractivity contribution is 0.0996. The van der Waals surface area contributed by atoms with Gasteiger partial charge in [-0.05, 0) is 36.6 Å². The van der Waals surface area contributed by atoms with Crippen molar-refractivity contribution in [3.63, 3.8) is 0 Å². The van der Waals surface area contributed by atoms with Crippen LogP contribution in [-0.2, 0) is 6.42 Å². The molecular weight excluding hydrogens is 428 g/mol. The molecule has 1 amide bonds. The van der Waals surface area contributed by atoms with E-state index in [9.17, 15) is 14.4 Å². The highest BCUT2D eigenvalue weighted by atomic mass is 19.2. The summed E-state index contributed by atoms with van der Waals surface area (Å²) in [6.45, 7) is 0.00665. The molecule has 1 saturated carbocycles. The lowest BCUT2D eigenvalue weighted by Gasteiger charge is -2.11. The van der Waals surface area contributed by atoms with Gasteiger partial charge in [0.05, 0.1) is 18.2 Å². The number of halogens is 2. The summed E-state index contributed by atoms with van der Waals surface area (Å²) >= 11 is 0. The number of para-hydroxylation sites is 1. The number of amides is 1. The van der Waals surface area contributed by atoms with E-state index in [-0.39, 0.29) is 58.6 Å². The highest BCUT2D eigenvalue weighted by molar-refractivity contribution is 5.95. The SMILES string of the molecule is N#Cc1c(-c2ccc(CCOc3ccccc3C(N)=O)c(F)c2F)nn(C2CCCC2)c1N. The Labute approximate surface area is 189 Å². The third-order valence-corrected chi connectivity index (χ3v) is 5.93. The summed E-state index contributed by atoms with van der Waals surface area (Å²) in [5.41, 5.74) is 11.7. The van der Waals surface area contributed by atoms with Crippen LogP contribution in [0.1, 0.15) is 53.2 Å². The van der Waals surface area contributed by atoms with Gasteiger partial charge in [-0.3, -0.25) is 4.79 Å². The molecule has 4 N–H and O–H groups in total. The van der Waals surface area contributed by atoms with Crippen molar-refractivity contribution in [2.75, 3.05) is 12.3 Å².